The summed E-state index contributed by atoms with van der Waals surface area (Å²) in [6.07, 6.45) is 0. The minimum absolute atomic E-state index is 0.432. The summed E-state index contributed by atoms with van der Waals surface area (Å²) in [5.41, 5.74) is 0.432. The van der Waals surface area contributed by atoms with Crippen molar-refractivity contribution in [3.05, 3.63) is 30.3 Å². The minimum Gasteiger partial charge on any atom is -0.320 e. The van der Waals surface area contributed by atoms with Gasteiger partial charge >= 0.3 is 0 Å². The third-order valence-electron chi connectivity index (χ3n) is 1.90. The maximum absolute atomic E-state index is 12.1. The maximum atomic E-state index is 12.1. The van der Waals surface area contributed by atoms with Crippen molar-refractivity contribution in [2.45, 2.75) is 1.47 Å². The number of alkyl halides is 3. The summed E-state index contributed by atoms with van der Waals surface area (Å²) >= 11 is 8.73. The summed E-state index contributed by atoms with van der Waals surface area (Å²) in [4.78, 5) is 0. The number of hydrogen-bond donors (Lipinski definition) is 2. The molecule has 0 aliphatic carbocycles. The molecule has 0 fully saturated rings. The van der Waals surface area contributed by atoms with Crippen molar-refractivity contribution < 1.29 is 8.42 Å². The molecule has 10 heteroatoms. The Labute approximate surface area is 130 Å². The molecule has 0 unspecified atom stereocenters. The predicted octanol–water partition coefficient (Wildman–Crippen LogP) is 1.81. The van der Waals surface area contributed by atoms with Gasteiger partial charge in [-0.25, -0.2) is 14.3 Å². The van der Waals surface area contributed by atoms with Gasteiger partial charge in [0.05, 0.1) is 5.69 Å². The molecule has 0 amide bonds. The van der Waals surface area contributed by atoms with Gasteiger partial charge in [-0.3, -0.25) is 5.01 Å². The van der Waals surface area contributed by atoms with Crippen LogP contribution in [-0.2, 0) is 9.84 Å². The highest BCUT2D eigenvalue weighted by molar-refractivity contribution is 9.42. The van der Waals surface area contributed by atoms with Crippen molar-refractivity contribution in [2.24, 2.45) is 16.8 Å². The van der Waals surface area contributed by atoms with Gasteiger partial charge in [-0.1, -0.05) is 18.2 Å². The molecule has 0 aliphatic rings. The van der Waals surface area contributed by atoms with Crippen molar-refractivity contribution >= 4 is 68.5 Å². The third kappa shape index (κ3) is 3.23. The zero-order valence-electron chi connectivity index (χ0n) is 8.79. The van der Waals surface area contributed by atoms with E-state index in [1.54, 1.807) is 30.3 Å². The Morgan fingerprint density at radius 3 is 2.11 bits per heavy atom. The summed E-state index contributed by atoms with van der Waals surface area (Å²) in [5, 5.41) is 3.62. The lowest BCUT2D eigenvalue weighted by atomic mass is 10.3. The SMILES string of the molecule is N/N=C(\N(N)c1ccccc1)S(=O)(=O)C(Br)(Br)Br. The van der Waals surface area contributed by atoms with E-state index in [4.69, 9.17) is 11.7 Å². The summed E-state index contributed by atoms with van der Waals surface area (Å²) in [6, 6.07) is 8.44. The van der Waals surface area contributed by atoms with Crippen LogP contribution in [0.1, 0.15) is 0 Å². The first-order chi connectivity index (χ1) is 8.21. The highest BCUT2D eigenvalue weighted by Crippen LogP contribution is 2.40. The lowest BCUT2D eigenvalue weighted by molar-refractivity contribution is 0.609. The number of hydrogen-bond acceptors (Lipinski definition) is 5. The second-order valence-electron chi connectivity index (χ2n) is 3.07. The topological polar surface area (TPSA) is 102 Å². The minimum atomic E-state index is -3.96. The number of anilines is 1. The van der Waals surface area contributed by atoms with Crippen molar-refractivity contribution in [1.29, 1.82) is 0 Å². The van der Waals surface area contributed by atoms with E-state index < -0.39 is 16.5 Å². The Kier molecular flexibility index (Phi) is 5.18. The predicted molar refractivity (Wildman–Crippen MR) is 83.2 cm³/mol. The molecular formula is C8H9Br3N4O2S. The number of para-hydroxylation sites is 1. The average Bonchev–Trinajstić information content (AvgIpc) is 2.29. The van der Waals surface area contributed by atoms with Crippen LogP contribution in [0.25, 0.3) is 0 Å². The Morgan fingerprint density at radius 2 is 1.72 bits per heavy atom. The fourth-order valence-electron chi connectivity index (χ4n) is 1.06. The molecular weight excluding hydrogens is 456 g/mol. The molecule has 6 nitrogen and oxygen atoms in total. The molecule has 0 heterocycles. The number of halogens is 3. The zero-order valence-corrected chi connectivity index (χ0v) is 14.4. The standard InChI is InChI=1S/C8H9Br3N4O2S/c9-8(10,11)18(16,17)7(14-12)15(13)6-4-2-1-3-5-6/h1-5H,12-13H2/b14-7+. The number of benzene rings is 1. The fraction of sp³-hybridized carbons (Fsp3) is 0.125. The van der Waals surface area contributed by atoms with Crippen molar-refractivity contribution in [2.75, 3.05) is 5.01 Å². The first kappa shape index (κ1) is 15.9. The summed E-state index contributed by atoms with van der Waals surface area (Å²) < 4.78 is 22.7. The molecule has 0 aliphatic heterocycles. The molecule has 0 bridgehead atoms. The lowest BCUT2D eigenvalue weighted by Crippen LogP contribution is -2.46. The lowest BCUT2D eigenvalue weighted by Gasteiger charge is -2.22. The average molecular weight is 465 g/mol. The van der Waals surface area contributed by atoms with Gasteiger partial charge in [0.2, 0.25) is 1.47 Å². The molecule has 4 N–H and O–H groups in total. The summed E-state index contributed by atoms with van der Waals surface area (Å²) in [5.74, 6) is 10.8. The smallest absolute Gasteiger partial charge is 0.263 e. The normalized spacial score (nSPS) is 13.4. The Bertz CT molecular complexity index is 541. The van der Waals surface area contributed by atoms with E-state index in [1.807, 2.05) is 0 Å². The molecule has 0 atom stereocenters. The van der Waals surface area contributed by atoms with Crippen LogP contribution in [-0.4, -0.2) is 15.1 Å². The maximum Gasteiger partial charge on any atom is 0.263 e. The van der Waals surface area contributed by atoms with Crippen LogP contribution in [0.4, 0.5) is 5.69 Å². The van der Waals surface area contributed by atoms with Crippen LogP contribution < -0.4 is 16.7 Å². The van der Waals surface area contributed by atoms with Gasteiger partial charge in [0, 0.05) is 0 Å². The van der Waals surface area contributed by atoms with Crippen LogP contribution in [0.2, 0.25) is 0 Å². The Balaban J connectivity index is 3.23. The molecule has 0 saturated carbocycles. The number of nitrogens with zero attached hydrogens (tertiary/aromatic N) is 2. The highest BCUT2D eigenvalue weighted by atomic mass is 80.0. The number of hydrazine groups is 1. The number of nitrogens with two attached hydrogens (primary N) is 2. The number of rotatable bonds is 1. The monoisotopic (exact) mass is 462 g/mol. The van der Waals surface area contributed by atoms with Crippen LogP contribution >= 0.6 is 47.8 Å². The molecule has 0 aromatic heterocycles. The third-order valence-corrected chi connectivity index (χ3v) is 7.12. The molecule has 0 spiro atoms. The summed E-state index contributed by atoms with van der Waals surface area (Å²) in [7, 11) is -3.96. The van der Waals surface area contributed by atoms with E-state index in [-0.39, 0.29) is 0 Å². The molecule has 0 saturated heterocycles. The number of hydrazone groups is 1. The van der Waals surface area contributed by atoms with Gasteiger partial charge in [-0.05, 0) is 59.9 Å². The first-order valence-electron chi connectivity index (χ1n) is 4.41. The Morgan fingerprint density at radius 1 is 1.22 bits per heavy atom. The van der Waals surface area contributed by atoms with Gasteiger partial charge in [-0.15, -0.1) is 0 Å². The van der Waals surface area contributed by atoms with E-state index in [2.05, 4.69) is 52.9 Å². The van der Waals surface area contributed by atoms with Crippen LogP contribution in [0.5, 0.6) is 0 Å². The molecule has 0 radical (unpaired) electrons. The molecule has 1 aromatic carbocycles. The Hall–Kier alpha value is -0.160. The van der Waals surface area contributed by atoms with Gasteiger partial charge in [-0.2, -0.15) is 5.10 Å². The van der Waals surface area contributed by atoms with E-state index in [9.17, 15) is 8.42 Å². The van der Waals surface area contributed by atoms with Gasteiger partial charge in [0.25, 0.3) is 15.0 Å². The van der Waals surface area contributed by atoms with Crippen molar-refractivity contribution in [3.8, 4) is 0 Å². The molecule has 18 heavy (non-hydrogen) atoms. The summed E-state index contributed by atoms with van der Waals surface area (Å²) in [6.45, 7) is 0. The van der Waals surface area contributed by atoms with Gasteiger partial charge < -0.3 is 5.84 Å². The second-order valence-corrected chi connectivity index (χ2v) is 13.4. The number of amidine groups is 1. The van der Waals surface area contributed by atoms with Crippen molar-refractivity contribution in [1.82, 2.24) is 0 Å². The van der Waals surface area contributed by atoms with Crippen LogP contribution in [0.3, 0.4) is 0 Å². The first-order valence-corrected chi connectivity index (χ1v) is 8.27. The fourth-order valence-corrected chi connectivity index (χ4v) is 3.08. The van der Waals surface area contributed by atoms with Gasteiger partial charge in [0.15, 0.2) is 0 Å². The zero-order chi connectivity index (χ0) is 14.0. The quantitative estimate of drug-likeness (QED) is 0.217. The molecule has 100 valence electrons. The largest absolute Gasteiger partial charge is 0.320 e. The van der Waals surface area contributed by atoms with Gasteiger partial charge in [0.1, 0.15) is 0 Å². The van der Waals surface area contributed by atoms with E-state index in [0.29, 0.717) is 5.69 Å². The van der Waals surface area contributed by atoms with Crippen LogP contribution in [0.15, 0.2) is 35.4 Å². The second kappa shape index (κ2) is 5.87. The van der Waals surface area contributed by atoms with E-state index in [1.165, 1.54) is 0 Å². The van der Waals surface area contributed by atoms with Crippen molar-refractivity contribution in [3.63, 3.8) is 0 Å². The van der Waals surface area contributed by atoms with E-state index in [0.717, 1.165) is 5.01 Å². The van der Waals surface area contributed by atoms with Crippen LogP contribution in [0, 0.1) is 0 Å². The highest BCUT2D eigenvalue weighted by Gasteiger charge is 2.42. The number of sulfone groups is 1. The molecule has 1 aromatic rings. The van der Waals surface area contributed by atoms with E-state index >= 15 is 0 Å². The molecule has 1 rings (SSSR count).